The molecule has 0 aromatic carbocycles. The maximum Gasteiger partial charge on any atom is 0.0613 e. The first kappa shape index (κ1) is 12.9. The molecule has 1 saturated carbocycles. The first-order chi connectivity index (χ1) is 8.10. The summed E-state index contributed by atoms with van der Waals surface area (Å²) < 4.78 is 2.15. The quantitative estimate of drug-likeness (QED) is 0.723. The van der Waals surface area contributed by atoms with Gasteiger partial charge >= 0.3 is 0 Å². The van der Waals surface area contributed by atoms with Crippen molar-refractivity contribution in [3.05, 3.63) is 18.0 Å². The second-order valence-electron chi connectivity index (χ2n) is 5.70. The molecule has 0 aliphatic heterocycles. The Labute approximate surface area is 109 Å². The van der Waals surface area contributed by atoms with Crippen LogP contribution < -0.4 is 0 Å². The van der Waals surface area contributed by atoms with Gasteiger partial charge in [-0.1, -0.05) is 20.8 Å². The highest BCUT2D eigenvalue weighted by Gasteiger charge is 2.25. The molecule has 1 heterocycles. The summed E-state index contributed by atoms with van der Waals surface area (Å²) in [5, 5.41) is 4.62. The van der Waals surface area contributed by atoms with E-state index in [1.165, 1.54) is 24.8 Å². The molecular formula is C14H23ClN2. The first-order valence-electron chi connectivity index (χ1n) is 6.78. The molecule has 17 heavy (non-hydrogen) atoms. The molecule has 1 aliphatic rings. The maximum absolute atomic E-state index is 6.25. The van der Waals surface area contributed by atoms with Crippen LogP contribution in [-0.2, 0) is 0 Å². The van der Waals surface area contributed by atoms with Crippen LogP contribution in [0.5, 0.6) is 0 Å². The average molecular weight is 255 g/mol. The minimum absolute atomic E-state index is 0.113. The summed E-state index contributed by atoms with van der Waals surface area (Å²) in [6.07, 6.45) is 8.92. The fourth-order valence-corrected chi connectivity index (χ4v) is 3.18. The topological polar surface area (TPSA) is 17.8 Å². The first-order valence-corrected chi connectivity index (χ1v) is 7.21. The van der Waals surface area contributed by atoms with Crippen LogP contribution in [0.25, 0.3) is 0 Å². The van der Waals surface area contributed by atoms with Crippen LogP contribution in [-0.4, -0.2) is 9.78 Å². The normalized spacial score (nSPS) is 31.4. The van der Waals surface area contributed by atoms with Crippen molar-refractivity contribution in [2.45, 2.75) is 57.9 Å². The highest BCUT2D eigenvalue weighted by Crippen LogP contribution is 2.36. The standard InChI is InChI=1S/C14H23ClN2/c1-4-14(15)12-8-16-17(9-12)13-6-10(2)5-11(3)7-13/h8-11,13-14H,4-7H2,1-3H3. The van der Waals surface area contributed by atoms with Gasteiger partial charge in [0.2, 0.25) is 0 Å². The third kappa shape index (κ3) is 3.04. The number of alkyl halides is 1. The molecular weight excluding hydrogens is 232 g/mol. The maximum atomic E-state index is 6.25. The van der Waals surface area contributed by atoms with E-state index in [0.717, 1.165) is 18.3 Å². The fraction of sp³-hybridized carbons (Fsp3) is 0.786. The van der Waals surface area contributed by atoms with E-state index in [2.05, 4.69) is 36.7 Å². The Morgan fingerprint density at radius 3 is 2.59 bits per heavy atom. The lowest BCUT2D eigenvalue weighted by Crippen LogP contribution is -2.22. The van der Waals surface area contributed by atoms with Gasteiger partial charge in [0, 0.05) is 11.8 Å². The summed E-state index contributed by atoms with van der Waals surface area (Å²) in [4.78, 5) is 0. The van der Waals surface area contributed by atoms with Crippen LogP contribution >= 0.6 is 11.6 Å². The van der Waals surface area contributed by atoms with E-state index in [4.69, 9.17) is 11.6 Å². The lowest BCUT2D eigenvalue weighted by atomic mass is 9.80. The van der Waals surface area contributed by atoms with Crippen molar-refractivity contribution >= 4 is 11.6 Å². The van der Waals surface area contributed by atoms with Crippen molar-refractivity contribution in [3.63, 3.8) is 0 Å². The molecule has 1 fully saturated rings. The Balaban J connectivity index is 2.09. The van der Waals surface area contributed by atoms with E-state index in [1.807, 2.05) is 6.20 Å². The SMILES string of the molecule is CCC(Cl)c1cnn(C2CC(C)CC(C)C2)c1. The van der Waals surface area contributed by atoms with Crippen LogP contribution in [0.3, 0.4) is 0 Å². The number of hydrogen-bond donors (Lipinski definition) is 0. The fourth-order valence-electron chi connectivity index (χ4n) is 3.07. The molecule has 0 amide bonds. The Bertz CT molecular complexity index is 351. The number of rotatable bonds is 3. The van der Waals surface area contributed by atoms with Gasteiger partial charge in [-0.05, 0) is 37.5 Å². The van der Waals surface area contributed by atoms with Gasteiger partial charge in [0.05, 0.1) is 17.6 Å². The summed E-state index contributed by atoms with van der Waals surface area (Å²) in [5.41, 5.74) is 1.17. The van der Waals surface area contributed by atoms with Gasteiger partial charge in [-0.25, -0.2) is 0 Å². The number of halogens is 1. The molecule has 2 rings (SSSR count). The van der Waals surface area contributed by atoms with E-state index in [9.17, 15) is 0 Å². The van der Waals surface area contributed by atoms with Gasteiger partial charge in [-0.15, -0.1) is 11.6 Å². The summed E-state index contributed by atoms with van der Waals surface area (Å²) in [6.45, 7) is 6.81. The zero-order valence-corrected chi connectivity index (χ0v) is 11.8. The lowest BCUT2D eigenvalue weighted by molar-refractivity contribution is 0.210. The summed E-state index contributed by atoms with van der Waals surface area (Å²) in [5.74, 6) is 1.63. The lowest BCUT2D eigenvalue weighted by Gasteiger charge is -2.31. The Morgan fingerprint density at radius 1 is 1.35 bits per heavy atom. The Hall–Kier alpha value is -0.500. The summed E-state index contributed by atoms with van der Waals surface area (Å²) in [6, 6.07) is 0.572. The van der Waals surface area contributed by atoms with Gasteiger partial charge in [0.25, 0.3) is 0 Å². The zero-order chi connectivity index (χ0) is 12.4. The number of hydrogen-bond acceptors (Lipinski definition) is 1. The van der Waals surface area contributed by atoms with Crippen molar-refractivity contribution < 1.29 is 0 Å². The molecule has 0 bridgehead atoms. The molecule has 1 aromatic heterocycles. The highest BCUT2D eigenvalue weighted by molar-refractivity contribution is 6.20. The summed E-state index contributed by atoms with van der Waals surface area (Å²) in [7, 11) is 0. The molecule has 3 atom stereocenters. The molecule has 3 heteroatoms. The third-order valence-electron chi connectivity index (χ3n) is 3.87. The molecule has 3 unspecified atom stereocenters. The highest BCUT2D eigenvalue weighted by atomic mass is 35.5. The van der Waals surface area contributed by atoms with Gasteiger partial charge in [0.1, 0.15) is 0 Å². The van der Waals surface area contributed by atoms with Gasteiger partial charge in [0.15, 0.2) is 0 Å². The van der Waals surface area contributed by atoms with Crippen LogP contribution in [0.15, 0.2) is 12.4 Å². The Kier molecular flexibility index (Phi) is 4.13. The van der Waals surface area contributed by atoms with Crippen molar-refractivity contribution in [2.24, 2.45) is 11.8 Å². The van der Waals surface area contributed by atoms with Crippen LogP contribution in [0, 0.1) is 11.8 Å². The Morgan fingerprint density at radius 2 is 2.00 bits per heavy atom. The van der Waals surface area contributed by atoms with E-state index in [1.54, 1.807) is 0 Å². The average Bonchev–Trinajstić information content (AvgIpc) is 2.76. The predicted octanol–water partition coefficient (Wildman–Crippen LogP) is 4.57. The third-order valence-corrected chi connectivity index (χ3v) is 4.43. The molecule has 96 valence electrons. The van der Waals surface area contributed by atoms with Gasteiger partial charge < -0.3 is 0 Å². The predicted molar refractivity (Wildman–Crippen MR) is 72.3 cm³/mol. The molecule has 0 N–H and O–H groups in total. The molecule has 1 aliphatic carbocycles. The second-order valence-corrected chi connectivity index (χ2v) is 6.23. The number of nitrogens with zero attached hydrogens (tertiary/aromatic N) is 2. The van der Waals surface area contributed by atoms with Crippen LogP contribution in [0.1, 0.15) is 63.4 Å². The monoisotopic (exact) mass is 254 g/mol. The van der Waals surface area contributed by atoms with E-state index in [-0.39, 0.29) is 5.38 Å². The molecule has 0 spiro atoms. The van der Waals surface area contributed by atoms with E-state index >= 15 is 0 Å². The van der Waals surface area contributed by atoms with Crippen molar-refractivity contribution in [2.75, 3.05) is 0 Å². The second kappa shape index (κ2) is 5.43. The zero-order valence-electron chi connectivity index (χ0n) is 11.1. The van der Waals surface area contributed by atoms with Crippen molar-refractivity contribution in [1.82, 2.24) is 9.78 Å². The van der Waals surface area contributed by atoms with Crippen molar-refractivity contribution in [3.8, 4) is 0 Å². The minimum Gasteiger partial charge on any atom is -0.269 e. The van der Waals surface area contributed by atoms with E-state index in [0.29, 0.717) is 6.04 Å². The molecule has 0 saturated heterocycles. The number of aromatic nitrogens is 2. The summed E-state index contributed by atoms with van der Waals surface area (Å²) >= 11 is 6.25. The van der Waals surface area contributed by atoms with Crippen LogP contribution in [0.4, 0.5) is 0 Å². The molecule has 0 radical (unpaired) electrons. The van der Waals surface area contributed by atoms with Gasteiger partial charge in [-0.2, -0.15) is 5.10 Å². The molecule has 1 aromatic rings. The van der Waals surface area contributed by atoms with Gasteiger partial charge in [-0.3, -0.25) is 4.68 Å². The van der Waals surface area contributed by atoms with E-state index < -0.39 is 0 Å². The van der Waals surface area contributed by atoms with Crippen LogP contribution in [0.2, 0.25) is 0 Å². The largest absolute Gasteiger partial charge is 0.269 e. The minimum atomic E-state index is 0.113. The smallest absolute Gasteiger partial charge is 0.0613 e. The molecule has 2 nitrogen and oxygen atoms in total. The van der Waals surface area contributed by atoms with Crippen molar-refractivity contribution in [1.29, 1.82) is 0 Å².